The van der Waals surface area contributed by atoms with Crippen LogP contribution in [0.5, 0.6) is 0 Å². The van der Waals surface area contributed by atoms with Crippen molar-refractivity contribution in [3.05, 3.63) is 71.8 Å². The lowest BCUT2D eigenvalue weighted by Crippen LogP contribution is -2.53. The maximum absolute atomic E-state index is 13.7. The molecular formula is C40H55N7O10. The number of hydrogen-bond acceptors (Lipinski definition) is 10. The van der Waals surface area contributed by atoms with Crippen LogP contribution >= 0.6 is 0 Å². The fourth-order valence-electron chi connectivity index (χ4n) is 5.83. The van der Waals surface area contributed by atoms with Crippen LogP contribution in [0.2, 0.25) is 0 Å². The Morgan fingerprint density at radius 1 is 0.737 bits per heavy atom. The Labute approximate surface area is 331 Å². The van der Waals surface area contributed by atoms with Crippen LogP contribution in [0.25, 0.3) is 0 Å². The van der Waals surface area contributed by atoms with Crippen molar-refractivity contribution in [2.45, 2.75) is 96.9 Å². The number of nitrogens with one attached hydrogen (secondary N) is 3. The summed E-state index contributed by atoms with van der Waals surface area (Å²) in [5, 5.41) is 16.7. The molecular weight excluding hydrogens is 738 g/mol. The Hall–Kier alpha value is -6.13. The predicted octanol–water partition coefficient (Wildman–Crippen LogP) is 1.05. The Kier molecular flexibility index (Phi) is 20.1. The van der Waals surface area contributed by atoms with E-state index in [4.69, 9.17) is 21.9 Å². The third kappa shape index (κ3) is 18.4. The number of carboxylic acid groups (broad SMARTS) is 1. The molecule has 10 N–H and O–H groups in total. The maximum Gasteiger partial charge on any atom is 0.306 e. The van der Waals surface area contributed by atoms with Gasteiger partial charge in [-0.25, -0.2) is 0 Å². The number of aliphatic carboxylic acids is 1. The molecule has 0 saturated heterocycles. The lowest BCUT2D eigenvalue weighted by Gasteiger charge is -2.24. The number of ether oxygens (including phenoxy) is 1. The highest BCUT2D eigenvalue weighted by atomic mass is 16.5. The molecule has 0 aliphatic rings. The van der Waals surface area contributed by atoms with E-state index >= 15 is 0 Å². The zero-order valence-electron chi connectivity index (χ0n) is 32.6. The maximum atomic E-state index is 13.7. The summed E-state index contributed by atoms with van der Waals surface area (Å²) in [5.74, 6) is -9.42. The number of amides is 4. The highest BCUT2D eigenvalue weighted by Crippen LogP contribution is 2.19. The molecule has 0 bridgehead atoms. The standard InChI is InChI=1S/C40H55N7O10/c1-24(2)19-29(22-34(51)57-23-27-13-8-5-9-14-27)38(55)47-31(20-26-11-6-4-7-12-26)35(52)39(56)45-25(3)32(48)21-28(16-17-33(49)50)37(54)46-30(36(41)53)15-10-18-44-40(42)43/h4-9,11-14,24-25,28-31H,10,15-23H2,1-3H3,(H2,41,53)(H,45,56)(H,46,54)(H,47,55)(H,49,50)(H4,42,43,44). The topological polar surface area (TPSA) is 293 Å². The van der Waals surface area contributed by atoms with Gasteiger partial charge in [-0.2, -0.15) is 0 Å². The Morgan fingerprint density at radius 2 is 1.32 bits per heavy atom. The van der Waals surface area contributed by atoms with Gasteiger partial charge in [-0.05, 0) is 49.7 Å². The second-order valence-corrected chi connectivity index (χ2v) is 14.2. The molecule has 0 aliphatic carbocycles. The minimum absolute atomic E-state index is 0.0138. The Bertz CT molecular complexity index is 1720. The molecule has 5 unspecified atom stereocenters. The quantitative estimate of drug-likeness (QED) is 0.0231. The molecule has 2 rings (SSSR count). The van der Waals surface area contributed by atoms with Crippen molar-refractivity contribution in [3.8, 4) is 0 Å². The van der Waals surface area contributed by atoms with Gasteiger partial charge in [0.15, 0.2) is 11.7 Å². The monoisotopic (exact) mass is 793 g/mol. The molecule has 2 aromatic carbocycles. The number of nitrogens with zero attached hydrogens (tertiary/aromatic N) is 1. The van der Waals surface area contributed by atoms with Gasteiger partial charge in [0.25, 0.3) is 5.91 Å². The van der Waals surface area contributed by atoms with Gasteiger partial charge < -0.3 is 43.0 Å². The van der Waals surface area contributed by atoms with E-state index in [1.54, 1.807) is 54.6 Å². The normalized spacial score (nSPS) is 13.5. The average Bonchev–Trinajstić information content (AvgIpc) is 3.16. The second-order valence-electron chi connectivity index (χ2n) is 14.2. The van der Waals surface area contributed by atoms with Gasteiger partial charge in [0.05, 0.1) is 12.5 Å². The third-order valence-corrected chi connectivity index (χ3v) is 8.88. The number of carboxylic acids is 1. The summed E-state index contributed by atoms with van der Waals surface area (Å²) < 4.78 is 5.40. The number of carbonyl (C=O) groups is 8. The molecule has 4 amide bonds. The first kappa shape index (κ1) is 47.0. The minimum Gasteiger partial charge on any atom is -0.481 e. The molecule has 0 radical (unpaired) electrons. The van der Waals surface area contributed by atoms with Crippen LogP contribution in [-0.2, 0) is 56.1 Å². The second kappa shape index (κ2) is 24.4. The number of esters is 1. The predicted molar refractivity (Wildman–Crippen MR) is 210 cm³/mol. The summed E-state index contributed by atoms with van der Waals surface area (Å²) >= 11 is 0. The number of guanidine groups is 1. The first-order valence-electron chi connectivity index (χ1n) is 18.7. The number of carbonyl (C=O) groups excluding carboxylic acids is 7. The van der Waals surface area contributed by atoms with Crippen LogP contribution in [0.3, 0.4) is 0 Å². The van der Waals surface area contributed by atoms with E-state index in [9.17, 15) is 43.5 Å². The van der Waals surface area contributed by atoms with Gasteiger partial charge in [0, 0.05) is 37.6 Å². The number of hydrogen-bond donors (Lipinski definition) is 7. The molecule has 0 fully saturated rings. The summed E-state index contributed by atoms with van der Waals surface area (Å²) in [6.45, 7) is 5.20. The number of aliphatic imine (C=N–C) groups is 1. The molecule has 310 valence electrons. The lowest BCUT2D eigenvalue weighted by molar-refractivity contribution is -0.148. The Balaban J connectivity index is 2.18. The number of rotatable bonds is 26. The fraction of sp³-hybridized carbons (Fsp3) is 0.475. The van der Waals surface area contributed by atoms with Gasteiger partial charge in [0.2, 0.25) is 23.5 Å². The van der Waals surface area contributed by atoms with E-state index in [0.717, 1.165) is 5.56 Å². The van der Waals surface area contributed by atoms with Crippen molar-refractivity contribution >= 4 is 53.1 Å². The zero-order valence-corrected chi connectivity index (χ0v) is 32.6. The van der Waals surface area contributed by atoms with Crippen LogP contribution in [0.4, 0.5) is 0 Å². The van der Waals surface area contributed by atoms with Gasteiger partial charge in [-0.15, -0.1) is 0 Å². The van der Waals surface area contributed by atoms with Crippen LogP contribution < -0.4 is 33.2 Å². The number of Topliss-reactive ketones (excluding diaryl/α,β-unsaturated/α-hetero) is 2. The van der Waals surface area contributed by atoms with Crippen LogP contribution in [0.15, 0.2) is 65.7 Å². The molecule has 0 aliphatic heterocycles. The van der Waals surface area contributed by atoms with Crippen molar-refractivity contribution in [1.29, 1.82) is 0 Å². The highest BCUT2D eigenvalue weighted by Gasteiger charge is 2.34. The van der Waals surface area contributed by atoms with Crippen molar-refractivity contribution in [3.63, 3.8) is 0 Å². The summed E-state index contributed by atoms with van der Waals surface area (Å²) in [6.07, 6.45) is -1.06. The number of benzene rings is 2. The van der Waals surface area contributed by atoms with E-state index in [2.05, 4.69) is 20.9 Å². The minimum atomic E-state index is -1.39. The van der Waals surface area contributed by atoms with Gasteiger partial charge >= 0.3 is 11.9 Å². The number of nitrogens with two attached hydrogens (primary N) is 3. The first-order chi connectivity index (χ1) is 27.0. The van der Waals surface area contributed by atoms with Crippen LogP contribution in [0.1, 0.15) is 76.8 Å². The molecule has 57 heavy (non-hydrogen) atoms. The molecule has 0 saturated carbocycles. The molecule has 17 nitrogen and oxygen atoms in total. The zero-order chi connectivity index (χ0) is 42.5. The Morgan fingerprint density at radius 3 is 1.88 bits per heavy atom. The molecule has 2 aromatic rings. The van der Waals surface area contributed by atoms with E-state index < -0.39 is 89.9 Å². The van der Waals surface area contributed by atoms with Gasteiger partial charge in [0.1, 0.15) is 18.7 Å². The lowest BCUT2D eigenvalue weighted by atomic mass is 9.92. The third-order valence-electron chi connectivity index (χ3n) is 8.88. The van der Waals surface area contributed by atoms with E-state index in [1.165, 1.54) is 6.92 Å². The molecule has 5 atom stereocenters. The highest BCUT2D eigenvalue weighted by molar-refractivity contribution is 6.38. The summed E-state index contributed by atoms with van der Waals surface area (Å²) in [5.41, 5.74) is 17.4. The molecule has 0 heterocycles. The smallest absolute Gasteiger partial charge is 0.306 e. The molecule has 17 heteroatoms. The van der Waals surface area contributed by atoms with Gasteiger partial charge in [-0.1, -0.05) is 74.5 Å². The fourth-order valence-corrected chi connectivity index (χ4v) is 5.83. The summed E-state index contributed by atoms with van der Waals surface area (Å²) in [4.78, 5) is 107. The number of primary amides is 1. The van der Waals surface area contributed by atoms with Gasteiger partial charge in [-0.3, -0.25) is 43.3 Å². The van der Waals surface area contributed by atoms with Crippen molar-refractivity contribution in [2.75, 3.05) is 6.54 Å². The van der Waals surface area contributed by atoms with Crippen LogP contribution in [0, 0.1) is 17.8 Å². The number of ketones is 2. The van der Waals surface area contributed by atoms with Crippen LogP contribution in [-0.4, -0.2) is 82.9 Å². The van der Waals surface area contributed by atoms with Crippen molar-refractivity contribution in [2.24, 2.45) is 39.9 Å². The molecule has 0 spiro atoms. The SMILES string of the molecule is CC(C)CC(CC(=O)OCc1ccccc1)C(=O)NC(Cc1ccccc1)C(=O)C(=O)NC(C)C(=O)CC(CCC(=O)O)C(=O)NC(CCCN=C(N)N)C(N)=O. The van der Waals surface area contributed by atoms with Crippen molar-refractivity contribution < 1.29 is 48.2 Å². The van der Waals surface area contributed by atoms with E-state index in [1.807, 2.05) is 19.9 Å². The summed E-state index contributed by atoms with van der Waals surface area (Å²) in [7, 11) is 0. The first-order valence-corrected chi connectivity index (χ1v) is 18.7. The summed E-state index contributed by atoms with van der Waals surface area (Å²) in [6, 6.07) is 13.8. The van der Waals surface area contributed by atoms with Crippen molar-refractivity contribution in [1.82, 2.24) is 16.0 Å². The molecule has 0 aromatic heterocycles. The largest absolute Gasteiger partial charge is 0.481 e. The van der Waals surface area contributed by atoms with E-state index in [0.29, 0.717) is 5.56 Å². The average molecular weight is 794 g/mol. The van der Waals surface area contributed by atoms with E-state index in [-0.39, 0.29) is 63.6 Å².